The molecule has 82 valence electrons. The molecule has 0 N–H and O–H groups in total. The molecule has 1 aromatic heterocycles. The van der Waals surface area contributed by atoms with Crippen molar-refractivity contribution in [1.82, 2.24) is 10.1 Å². The van der Waals surface area contributed by atoms with Crippen LogP contribution in [-0.2, 0) is 0 Å². The fourth-order valence-corrected chi connectivity index (χ4v) is 1.77. The van der Waals surface area contributed by atoms with Gasteiger partial charge in [0, 0.05) is 18.2 Å². The molecule has 0 radical (unpaired) electrons. The number of rotatable bonds is 3. The van der Waals surface area contributed by atoms with E-state index >= 15 is 0 Å². The quantitative estimate of drug-likeness (QED) is 0.763. The number of aromatic nitrogens is 1. The van der Waals surface area contributed by atoms with Crippen LogP contribution in [0.4, 0.5) is 0 Å². The van der Waals surface area contributed by atoms with Crippen molar-refractivity contribution in [3.8, 4) is 0 Å². The Morgan fingerprint density at radius 3 is 2.67 bits per heavy atom. The third-order valence-electron chi connectivity index (χ3n) is 2.58. The van der Waals surface area contributed by atoms with Gasteiger partial charge in [0.25, 0.3) is 5.91 Å². The number of amides is 1. The molecule has 0 unspecified atom stereocenters. The predicted octanol–water partition coefficient (Wildman–Crippen LogP) is 2.00. The SMILES string of the molecule is Cc1cc(C(=O)N(C(C)C)C2CC2)no1. The average Bonchev–Trinajstić information content (AvgIpc) is 2.87. The highest BCUT2D eigenvalue weighted by Gasteiger charge is 2.35. The lowest BCUT2D eigenvalue weighted by Crippen LogP contribution is -2.38. The summed E-state index contributed by atoms with van der Waals surface area (Å²) < 4.78 is 4.92. The van der Waals surface area contributed by atoms with Crippen molar-refractivity contribution in [3.63, 3.8) is 0 Å². The van der Waals surface area contributed by atoms with E-state index < -0.39 is 0 Å². The van der Waals surface area contributed by atoms with Gasteiger partial charge in [-0.2, -0.15) is 0 Å². The number of hydrogen-bond acceptors (Lipinski definition) is 3. The molecule has 1 aliphatic carbocycles. The lowest BCUT2D eigenvalue weighted by Gasteiger charge is -2.25. The first-order valence-corrected chi connectivity index (χ1v) is 5.35. The fourth-order valence-electron chi connectivity index (χ4n) is 1.77. The molecule has 1 fully saturated rings. The first-order chi connectivity index (χ1) is 7.09. The standard InChI is InChI=1S/C11H16N2O2/c1-7(2)13(9-4-5-9)11(14)10-6-8(3)15-12-10/h6-7,9H,4-5H2,1-3H3. The highest BCUT2D eigenvalue weighted by molar-refractivity contribution is 5.92. The summed E-state index contributed by atoms with van der Waals surface area (Å²) in [5.41, 5.74) is 0.424. The van der Waals surface area contributed by atoms with Crippen molar-refractivity contribution in [2.75, 3.05) is 0 Å². The van der Waals surface area contributed by atoms with Crippen LogP contribution in [0.1, 0.15) is 42.9 Å². The van der Waals surface area contributed by atoms with Crippen molar-refractivity contribution >= 4 is 5.91 Å². The lowest BCUT2D eigenvalue weighted by atomic mass is 10.2. The van der Waals surface area contributed by atoms with Gasteiger partial charge >= 0.3 is 0 Å². The Kier molecular flexibility index (Phi) is 2.50. The van der Waals surface area contributed by atoms with Crippen LogP contribution in [0.25, 0.3) is 0 Å². The maximum atomic E-state index is 12.1. The summed E-state index contributed by atoms with van der Waals surface area (Å²) >= 11 is 0. The Balaban J connectivity index is 2.17. The van der Waals surface area contributed by atoms with Gasteiger partial charge in [-0.15, -0.1) is 0 Å². The molecule has 4 heteroatoms. The van der Waals surface area contributed by atoms with Gasteiger partial charge in [-0.3, -0.25) is 4.79 Å². The van der Waals surface area contributed by atoms with E-state index in [9.17, 15) is 4.79 Å². The van der Waals surface area contributed by atoms with Crippen LogP contribution in [0.2, 0.25) is 0 Å². The molecule has 1 aliphatic rings. The Morgan fingerprint density at radius 2 is 2.27 bits per heavy atom. The summed E-state index contributed by atoms with van der Waals surface area (Å²) in [7, 11) is 0. The Morgan fingerprint density at radius 1 is 1.60 bits per heavy atom. The Hall–Kier alpha value is -1.32. The zero-order valence-electron chi connectivity index (χ0n) is 9.36. The molecule has 0 aliphatic heterocycles. The van der Waals surface area contributed by atoms with Gasteiger partial charge in [-0.05, 0) is 33.6 Å². The van der Waals surface area contributed by atoms with Crippen LogP contribution in [0.3, 0.4) is 0 Å². The number of aryl methyl sites for hydroxylation is 1. The third kappa shape index (κ3) is 2.03. The van der Waals surface area contributed by atoms with Gasteiger partial charge in [0.2, 0.25) is 0 Å². The highest BCUT2D eigenvalue weighted by Crippen LogP contribution is 2.29. The molecule has 1 saturated carbocycles. The summed E-state index contributed by atoms with van der Waals surface area (Å²) in [5.74, 6) is 0.669. The molecule has 4 nitrogen and oxygen atoms in total. The minimum Gasteiger partial charge on any atom is -0.361 e. The first kappa shape index (κ1) is 10.2. The normalized spacial score (nSPS) is 15.7. The summed E-state index contributed by atoms with van der Waals surface area (Å²) in [6, 6.07) is 2.33. The van der Waals surface area contributed by atoms with E-state index in [2.05, 4.69) is 5.16 Å². The molecular weight excluding hydrogens is 192 g/mol. The number of carbonyl (C=O) groups is 1. The van der Waals surface area contributed by atoms with Gasteiger partial charge in [0.05, 0.1) is 0 Å². The molecule has 0 atom stereocenters. The molecule has 1 heterocycles. The monoisotopic (exact) mass is 208 g/mol. The molecule has 15 heavy (non-hydrogen) atoms. The highest BCUT2D eigenvalue weighted by atomic mass is 16.5. The number of hydrogen-bond donors (Lipinski definition) is 0. The van der Waals surface area contributed by atoms with Crippen LogP contribution in [0.5, 0.6) is 0 Å². The van der Waals surface area contributed by atoms with Crippen LogP contribution in [-0.4, -0.2) is 28.0 Å². The fraction of sp³-hybridized carbons (Fsp3) is 0.636. The minimum absolute atomic E-state index is 0.00986. The average molecular weight is 208 g/mol. The number of nitrogens with zero attached hydrogens (tertiary/aromatic N) is 2. The summed E-state index contributed by atoms with van der Waals surface area (Å²) in [6.07, 6.45) is 2.22. The van der Waals surface area contributed by atoms with Crippen molar-refractivity contribution in [2.45, 2.75) is 45.7 Å². The van der Waals surface area contributed by atoms with Gasteiger partial charge in [0.1, 0.15) is 5.76 Å². The maximum Gasteiger partial charge on any atom is 0.276 e. The molecule has 1 amide bonds. The summed E-state index contributed by atoms with van der Waals surface area (Å²) in [5, 5.41) is 3.76. The second-order valence-electron chi connectivity index (χ2n) is 4.36. The molecule has 0 bridgehead atoms. The lowest BCUT2D eigenvalue weighted by molar-refractivity contribution is 0.0679. The van der Waals surface area contributed by atoms with Gasteiger partial charge < -0.3 is 9.42 Å². The van der Waals surface area contributed by atoms with Crippen LogP contribution < -0.4 is 0 Å². The molecular formula is C11H16N2O2. The van der Waals surface area contributed by atoms with Crippen LogP contribution in [0, 0.1) is 6.92 Å². The third-order valence-corrected chi connectivity index (χ3v) is 2.58. The minimum atomic E-state index is -0.00986. The molecule has 0 aromatic carbocycles. The molecule has 2 rings (SSSR count). The van der Waals surface area contributed by atoms with Gasteiger partial charge in [-0.25, -0.2) is 0 Å². The van der Waals surface area contributed by atoms with Gasteiger partial charge in [-0.1, -0.05) is 5.16 Å². The van der Waals surface area contributed by atoms with Crippen molar-refractivity contribution < 1.29 is 9.32 Å². The van der Waals surface area contributed by atoms with E-state index in [1.807, 2.05) is 18.7 Å². The Labute approximate surface area is 89.2 Å². The van der Waals surface area contributed by atoms with E-state index in [1.54, 1.807) is 13.0 Å². The smallest absolute Gasteiger partial charge is 0.276 e. The number of carbonyl (C=O) groups excluding carboxylic acids is 1. The Bertz CT molecular complexity index is 364. The van der Waals surface area contributed by atoms with Crippen LogP contribution >= 0.6 is 0 Å². The van der Waals surface area contributed by atoms with Crippen molar-refractivity contribution in [2.24, 2.45) is 0 Å². The van der Waals surface area contributed by atoms with Crippen molar-refractivity contribution in [1.29, 1.82) is 0 Å². The first-order valence-electron chi connectivity index (χ1n) is 5.35. The second kappa shape index (κ2) is 3.68. The molecule has 1 aromatic rings. The van der Waals surface area contributed by atoms with Crippen LogP contribution in [0.15, 0.2) is 10.6 Å². The second-order valence-corrected chi connectivity index (χ2v) is 4.36. The summed E-state index contributed by atoms with van der Waals surface area (Å²) in [6.45, 7) is 5.85. The molecule has 0 saturated heterocycles. The van der Waals surface area contributed by atoms with E-state index in [-0.39, 0.29) is 11.9 Å². The van der Waals surface area contributed by atoms with E-state index in [1.165, 1.54) is 0 Å². The largest absolute Gasteiger partial charge is 0.361 e. The zero-order chi connectivity index (χ0) is 11.0. The molecule has 0 spiro atoms. The van der Waals surface area contributed by atoms with E-state index in [0.717, 1.165) is 12.8 Å². The van der Waals surface area contributed by atoms with Gasteiger partial charge in [0.15, 0.2) is 5.69 Å². The van der Waals surface area contributed by atoms with Crippen molar-refractivity contribution in [3.05, 3.63) is 17.5 Å². The van der Waals surface area contributed by atoms with E-state index in [4.69, 9.17) is 4.52 Å². The zero-order valence-corrected chi connectivity index (χ0v) is 9.36. The summed E-state index contributed by atoms with van der Waals surface area (Å²) in [4.78, 5) is 14.0. The maximum absolute atomic E-state index is 12.1. The topological polar surface area (TPSA) is 46.3 Å². The predicted molar refractivity (Wildman–Crippen MR) is 55.6 cm³/mol. The van der Waals surface area contributed by atoms with E-state index in [0.29, 0.717) is 17.5 Å².